The van der Waals surface area contributed by atoms with Crippen LogP contribution in [0.2, 0.25) is 0 Å². The summed E-state index contributed by atoms with van der Waals surface area (Å²) in [4.78, 5) is 13.9. The number of halogens is 3. The predicted octanol–water partition coefficient (Wildman–Crippen LogP) is 7.59. The minimum absolute atomic E-state index is 0.0145. The van der Waals surface area contributed by atoms with E-state index >= 15 is 0 Å². The summed E-state index contributed by atoms with van der Waals surface area (Å²) in [7, 11) is 0. The lowest BCUT2D eigenvalue weighted by Crippen LogP contribution is -2.45. The molecule has 5 rings (SSSR count). The molecule has 2 bridgehead atoms. The van der Waals surface area contributed by atoms with E-state index in [9.17, 15) is 23.1 Å². The fraction of sp³-hybridized carbons (Fsp3) is 0.621. The van der Waals surface area contributed by atoms with E-state index in [2.05, 4.69) is 18.7 Å². The van der Waals surface area contributed by atoms with Gasteiger partial charge in [-0.05, 0) is 92.7 Å². The van der Waals surface area contributed by atoms with Crippen molar-refractivity contribution in [3.63, 3.8) is 0 Å². The van der Waals surface area contributed by atoms with Gasteiger partial charge < -0.3 is 9.84 Å². The van der Waals surface area contributed by atoms with E-state index in [1.807, 2.05) is 6.07 Å². The Labute approximate surface area is 210 Å². The number of carboxylic acid groups (broad SMARTS) is 1. The molecule has 4 nitrogen and oxygen atoms in total. The van der Waals surface area contributed by atoms with Gasteiger partial charge in [-0.1, -0.05) is 31.5 Å². The largest absolute Gasteiger partial charge is 0.490 e. The van der Waals surface area contributed by atoms with Gasteiger partial charge in [0.25, 0.3) is 0 Å². The Balaban J connectivity index is 1.41. The fourth-order valence-corrected chi connectivity index (χ4v) is 7.04. The van der Waals surface area contributed by atoms with E-state index in [1.165, 1.54) is 6.07 Å². The van der Waals surface area contributed by atoms with Crippen molar-refractivity contribution in [2.45, 2.75) is 102 Å². The van der Waals surface area contributed by atoms with Crippen molar-refractivity contribution in [2.24, 2.45) is 11.8 Å². The molecule has 2 heterocycles. The zero-order chi connectivity index (χ0) is 25.6. The smallest absolute Gasteiger partial charge is 0.420 e. The number of alkyl halides is 3. The lowest BCUT2D eigenvalue weighted by Gasteiger charge is -2.41. The molecule has 3 aliphatic rings. The molecule has 2 aromatic rings. The molecular weight excluding hydrogens is 467 g/mol. The van der Waals surface area contributed by atoms with Crippen molar-refractivity contribution in [3.05, 3.63) is 41.5 Å². The molecule has 0 radical (unpaired) electrons. The SMILES string of the molecule is CC[C@H]1CC[C@@H](Oc2ccc3cc(C(C)N4C5CCC4CC(C(=O)O)C5)ccc3c2C(F)(F)F)CC1. The number of nitrogens with zero attached hydrogens (tertiary/aromatic N) is 1. The number of ether oxygens (including phenoxy) is 1. The van der Waals surface area contributed by atoms with Gasteiger partial charge in [-0.15, -0.1) is 0 Å². The first kappa shape index (κ1) is 25.4. The average molecular weight is 504 g/mol. The molecule has 196 valence electrons. The minimum atomic E-state index is -4.51. The molecule has 36 heavy (non-hydrogen) atoms. The molecule has 1 saturated carbocycles. The van der Waals surface area contributed by atoms with Crippen molar-refractivity contribution in [2.75, 3.05) is 0 Å². The Morgan fingerprint density at radius 2 is 1.72 bits per heavy atom. The maximum atomic E-state index is 14.3. The number of hydrogen-bond acceptors (Lipinski definition) is 3. The molecule has 2 aliphatic heterocycles. The van der Waals surface area contributed by atoms with Crippen molar-refractivity contribution < 1.29 is 27.8 Å². The number of carbonyl (C=O) groups is 1. The van der Waals surface area contributed by atoms with E-state index in [0.717, 1.165) is 50.5 Å². The molecule has 3 fully saturated rings. The van der Waals surface area contributed by atoms with Crippen LogP contribution in [0.15, 0.2) is 30.3 Å². The van der Waals surface area contributed by atoms with Gasteiger partial charge in [0, 0.05) is 18.1 Å². The van der Waals surface area contributed by atoms with Crippen LogP contribution in [0.1, 0.15) is 88.8 Å². The van der Waals surface area contributed by atoms with E-state index in [0.29, 0.717) is 24.1 Å². The Kier molecular flexibility index (Phi) is 6.96. The van der Waals surface area contributed by atoms with Gasteiger partial charge in [-0.2, -0.15) is 13.2 Å². The summed E-state index contributed by atoms with van der Waals surface area (Å²) < 4.78 is 48.8. The topological polar surface area (TPSA) is 49.8 Å². The molecule has 7 heteroatoms. The van der Waals surface area contributed by atoms with Crippen molar-refractivity contribution in [1.82, 2.24) is 4.90 Å². The maximum Gasteiger partial charge on any atom is 0.420 e. The molecule has 3 atom stereocenters. The summed E-state index contributed by atoms with van der Waals surface area (Å²) >= 11 is 0. The highest BCUT2D eigenvalue weighted by Gasteiger charge is 2.45. The molecule has 0 amide bonds. The summed E-state index contributed by atoms with van der Waals surface area (Å²) in [6, 6.07) is 8.94. The highest BCUT2D eigenvalue weighted by Crippen LogP contribution is 2.46. The standard InChI is InChI=1S/C29H36F3NO3/c1-3-18-4-10-24(11-5-18)36-26-13-7-20-14-19(6-12-25(20)27(26)29(30,31)32)17(2)33-22-8-9-23(33)16-21(15-22)28(34)35/h6-7,12-14,17-18,21-24H,3-5,8-11,15-16H2,1-2H3,(H,34,35)/t17?,18-,21?,22?,23?,24+. The summed E-state index contributed by atoms with van der Waals surface area (Å²) in [5.41, 5.74) is 0.284. The predicted molar refractivity (Wildman–Crippen MR) is 133 cm³/mol. The zero-order valence-electron chi connectivity index (χ0n) is 21.1. The van der Waals surface area contributed by atoms with Gasteiger partial charge in [0.1, 0.15) is 11.3 Å². The molecule has 0 aromatic heterocycles. The average Bonchev–Trinajstić information content (AvgIpc) is 3.11. The monoisotopic (exact) mass is 503 g/mol. The third-order valence-corrected chi connectivity index (χ3v) is 9.02. The Bertz CT molecular complexity index is 1090. The zero-order valence-corrected chi connectivity index (χ0v) is 21.1. The second-order valence-corrected chi connectivity index (χ2v) is 11.1. The van der Waals surface area contributed by atoms with Crippen LogP contribution in [0.4, 0.5) is 13.2 Å². The number of fused-ring (bicyclic) bond motifs is 3. The minimum Gasteiger partial charge on any atom is -0.490 e. The van der Waals surface area contributed by atoms with Crippen molar-refractivity contribution >= 4 is 16.7 Å². The molecule has 2 saturated heterocycles. The number of benzene rings is 2. The van der Waals surface area contributed by atoms with Crippen LogP contribution in [0, 0.1) is 11.8 Å². The summed E-state index contributed by atoms with van der Waals surface area (Å²) in [6.45, 7) is 4.25. The second kappa shape index (κ2) is 9.88. The van der Waals surface area contributed by atoms with Gasteiger partial charge in [0.15, 0.2) is 0 Å². The van der Waals surface area contributed by atoms with Gasteiger partial charge in [-0.3, -0.25) is 9.69 Å². The van der Waals surface area contributed by atoms with E-state index in [4.69, 9.17) is 4.74 Å². The van der Waals surface area contributed by atoms with Crippen molar-refractivity contribution in [3.8, 4) is 5.75 Å². The fourth-order valence-electron chi connectivity index (χ4n) is 7.04. The van der Waals surface area contributed by atoms with Crippen molar-refractivity contribution in [1.29, 1.82) is 0 Å². The van der Waals surface area contributed by atoms with Crippen LogP contribution >= 0.6 is 0 Å². The summed E-state index contributed by atoms with van der Waals surface area (Å²) in [5, 5.41) is 10.2. The third-order valence-electron chi connectivity index (χ3n) is 9.02. The third kappa shape index (κ3) is 4.83. The normalized spacial score (nSPS) is 29.9. The first-order valence-corrected chi connectivity index (χ1v) is 13.5. The molecule has 2 aromatic carbocycles. The number of rotatable bonds is 6. The van der Waals surface area contributed by atoms with Crippen LogP contribution in [0.5, 0.6) is 5.75 Å². The van der Waals surface area contributed by atoms with E-state index in [-0.39, 0.29) is 41.3 Å². The molecular formula is C29H36F3NO3. The summed E-state index contributed by atoms with van der Waals surface area (Å²) in [6.07, 6.45) is 3.26. The molecule has 1 aliphatic carbocycles. The lowest BCUT2D eigenvalue weighted by atomic mass is 9.86. The van der Waals surface area contributed by atoms with Gasteiger partial charge >= 0.3 is 12.1 Å². The molecule has 1 N–H and O–H groups in total. The molecule has 0 spiro atoms. The van der Waals surface area contributed by atoms with Crippen LogP contribution in [0.25, 0.3) is 10.8 Å². The van der Waals surface area contributed by atoms with E-state index in [1.54, 1.807) is 18.2 Å². The van der Waals surface area contributed by atoms with Crippen LogP contribution in [0.3, 0.4) is 0 Å². The highest BCUT2D eigenvalue weighted by molar-refractivity contribution is 5.89. The summed E-state index contributed by atoms with van der Waals surface area (Å²) in [5.74, 6) is -0.438. The first-order valence-electron chi connectivity index (χ1n) is 13.5. The van der Waals surface area contributed by atoms with Gasteiger partial charge in [0.2, 0.25) is 0 Å². The first-order chi connectivity index (χ1) is 17.2. The Hall–Kier alpha value is -2.28. The Morgan fingerprint density at radius 3 is 2.31 bits per heavy atom. The number of hydrogen-bond donors (Lipinski definition) is 1. The lowest BCUT2D eigenvalue weighted by molar-refractivity contribution is -0.144. The van der Waals surface area contributed by atoms with Crippen LogP contribution < -0.4 is 4.74 Å². The van der Waals surface area contributed by atoms with Gasteiger partial charge in [0.05, 0.1) is 12.0 Å². The second-order valence-electron chi connectivity index (χ2n) is 11.1. The Morgan fingerprint density at radius 1 is 1.06 bits per heavy atom. The van der Waals surface area contributed by atoms with Crippen LogP contribution in [-0.2, 0) is 11.0 Å². The quantitative estimate of drug-likeness (QED) is 0.441. The highest BCUT2D eigenvalue weighted by atomic mass is 19.4. The molecule has 3 unspecified atom stereocenters. The van der Waals surface area contributed by atoms with E-state index < -0.39 is 17.7 Å². The number of carboxylic acids is 1. The number of piperidine rings is 1. The van der Waals surface area contributed by atoms with Gasteiger partial charge in [-0.25, -0.2) is 0 Å². The van der Waals surface area contributed by atoms with Crippen LogP contribution in [-0.4, -0.2) is 34.2 Å². The maximum absolute atomic E-state index is 14.3. The number of aliphatic carboxylic acids is 1.